The first kappa shape index (κ1) is 29.4. The molecule has 0 aromatic heterocycles. The highest BCUT2D eigenvalue weighted by Crippen LogP contribution is 2.27. The van der Waals surface area contributed by atoms with Crippen molar-refractivity contribution in [2.75, 3.05) is 32.7 Å². The van der Waals surface area contributed by atoms with Gasteiger partial charge in [-0.25, -0.2) is 8.51 Å². The zero-order valence-corrected chi connectivity index (χ0v) is 23.5. The summed E-state index contributed by atoms with van der Waals surface area (Å²) >= 11 is 0. The SMILES string of the molecule is C#C.C=S(=O)(c1cccc(C(=O)NCC(C(/C=C\CC)=C/C)c2ccccc2)c1)N1CCN2CCCC2C1. The van der Waals surface area contributed by atoms with Gasteiger partial charge >= 0.3 is 0 Å². The van der Waals surface area contributed by atoms with Gasteiger partial charge in [-0.3, -0.25) is 9.69 Å². The minimum Gasteiger partial charge on any atom is -0.351 e. The number of allylic oxidation sites excluding steroid dienone is 3. The van der Waals surface area contributed by atoms with Gasteiger partial charge in [0, 0.05) is 48.6 Å². The first-order valence-electron chi connectivity index (χ1n) is 13.4. The molecule has 0 aliphatic carbocycles. The number of piperazine rings is 1. The van der Waals surface area contributed by atoms with Crippen LogP contribution in [0.4, 0.5) is 0 Å². The first-order chi connectivity index (χ1) is 18.4. The van der Waals surface area contributed by atoms with Crippen molar-refractivity contribution >= 4 is 21.5 Å². The Labute approximate surface area is 229 Å². The van der Waals surface area contributed by atoms with E-state index in [2.05, 4.69) is 66.2 Å². The van der Waals surface area contributed by atoms with Gasteiger partial charge in [0.05, 0.1) is 9.71 Å². The molecule has 0 radical (unpaired) electrons. The van der Waals surface area contributed by atoms with Crippen molar-refractivity contribution < 1.29 is 9.00 Å². The van der Waals surface area contributed by atoms with Gasteiger partial charge < -0.3 is 5.32 Å². The van der Waals surface area contributed by atoms with E-state index in [0.29, 0.717) is 23.0 Å². The number of nitrogens with one attached hydrogen (secondary N) is 1. The smallest absolute Gasteiger partial charge is 0.251 e. The molecule has 4 rings (SSSR count). The van der Waals surface area contributed by atoms with Crippen LogP contribution in [0.5, 0.6) is 0 Å². The molecule has 6 heteroatoms. The molecule has 2 saturated heterocycles. The van der Waals surface area contributed by atoms with Crippen LogP contribution in [0.25, 0.3) is 0 Å². The van der Waals surface area contributed by atoms with Crippen LogP contribution in [0.1, 0.15) is 54.9 Å². The van der Waals surface area contributed by atoms with Crippen molar-refractivity contribution in [1.29, 1.82) is 0 Å². The summed E-state index contributed by atoms with van der Waals surface area (Å²) in [5.74, 6) is 4.03. The van der Waals surface area contributed by atoms with Crippen LogP contribution in [0.15, 0.2) is 83.3 Å². The van der Waals surface area contributed by atoms with Crippen molar-refractivity contribution in [2.45, 2.75) is 50.0 Å². The lowest BCUT2D eigenvalue weighted by molar-refractivity contribution is 0.0952. The van der Waals surface area contributed by atoms with Crippen molar-refractivity contribution in [3.63, 3.8) is 0 Å². The lowest BCUT2D eigenvalue weighted by atomic mass is 9.90. The Kier molecular flexibility index (Phi) is 11.0. The van der Waals surface area contributed by atoms with Crippen LogP contribution < -0.4 is 5.32 Å². The monoisotopic (exact) mass is 531 g/mol. The van der Waals surface area contributed by atoms with E-state index >= 15 is 0 Å². The number of amides is 1. The fourth-order valence-corrected chi connectivity index (χ4v) is 6.98. The topological polar surface area (TPSA) is 52.7 Å². The summed E-state index contributed by atoms with van der Waals surface area (Å²) in [4.78, 5) is 16.3. The molecule has 0 saturated carbocycles. The Morgan fingerprint density at radius 1 is 1.16 bits per heavy atom. The number of nitrogens with zero attached hydrogens (tertiary/aromatic N) is 2. The van der Waals surface area contributed by atoms with Gasteiger partial charge in [-0.1, -0.05) is 61.5 Å². The zero-order valence-electron chi connectivity index (χ0n) is 22.7. The van der Waals surface area contributed by atoms with Crippen LogP contribution in [-0.2, 0) is 9.71 Å². The molecule has 3 atom stereocenters. The highest BCUT2D eigenvalue weighted by atomic mass is 32.2. The molecule has 2 aliphatic rings. The normalized spacial score (nSPS) is 20.6. The molecule has 3 unspecified atom stereocenters. The average molecular weight is 532 g/mol. The molecule has 2 aromatic carbocycles. The molecule has 38 heavy (non-hydrogen) atoms. The third-order valence-corrected chi connectivity index (χ3v) is 9.54. The number of hydrogen-bond acceptors (Lipinski definition) is 3. The molecular weight excluding hydrogens is 490 g/mol. The molecule has 2 fully saturated rings. The molecule has 202 valence electrons. The van der Waals surface area contributed by atoms with Gasteiger partial charge in [0.1, 0.15) is 0 Å². The maximum absolute atomic E-state index is 13.8. The predicted molar refractivity (Wildman–Crippen MR) is 161 cm³/mol. The maximum atomic E-state index is 13.8. The number of benzene rings is 2. The fraction of sp³-hybridized carbons (Fsp3) is 0.375. The Bertz CT molecular complexity index is 1250. The van der Waals surface area contributed by atoms with Crippen LogP contribution >= 0.6 is 0 Å². The van der Waals surface area contributed by atoms with Gasteiger partial charge in [0.2, 0.25) is 0 Å². The van der Waals surface area contributed by atoms with Crippen LogP contribution in [-0.4, -0.2) is 64.0 Å². The zero-order chi connectivity index (χ0) is 27.5. The predicted octanol–water partition coefficient (Wildman–Crippen LogP) is 5.13. The number of hydrogen-bond donors (Lipinski definition) is 1. The maximum Gasteiger partial charge on any atom is 0.251 e. The number of rotatable bonds is 9. The highest BCUT2D eigenvalue weighted by molar-refractivity contribution is 7.98. The lowest BCUT2D eigenvalue weighted by Gasteiger charge is -2.38. The number of fused-ring (bicyclic) bond motifs is 1. The number of terminal acetylenes is 1. The van der Waals surface area contributed by atoms with E-state index in [1.165, 1.54) is 12.0 Å². The van der Waals surface area contributed by atoms with E-state index in [-0.39, 0.29) is 11.8 Å². The van der Waals surface area contributed by atoms with Crippen LogP contribution in [0, 0.1) is 12.8 Å². The van der Waals surface area contributed by atoms with Crippen molar-refractivity contribution in [3.8, 4) is 12.8 Å². The van der Waals surface area contributed by atoms with Crippen molar-refractivity contribution in [3.05, 3.63) is 89.5 Å². The minimum atomic E-state index is -2.65. The van der Waals surface area contributed by atoms with Gasteiger partial charge in [-0.05, 0) is 67.9 Å². The molecule has 2 aliphatic heterocycles. The third-order valence-electron chi connectivity index (χ3n) is 7.38. The van der Waals surface area contributed by atoms with Gasteiger partial charge in [0.25, 0.3) is 5.91 Å². The van der Waals surface area contributed by atoms with Crippen LogP contribution in [0.3, 0.4) is 0 Å². The van der Waals surface area contributed by atoms with Gasteiger partial charge in [-0.2, -0.15) is 0 Å². The second-order valence-electron chi connectivity index (χ2n) is 9.66. The average Bonchev–Trinajstić information content (AvgIpc) is 3.44. The fourth-order valence-electron chi connectivity index (χ4n) is 5.29. The Hall–Kier alpha value is -3.11. The van der Waals surface area contributed by atoms with E-state index in [1.54, 1.807) is 12.1 Å². The molecule has 1 amide bonds. The number of carbonyl (C=O) groups excluding carboxylic acids is 1. The molecular formula is C32H41N3O2S. The second-order valence-corrected chi connectivity index (χ2v) is 11.9. The van der Waals surface area contributed by atoms with Gasteiger partial charge in [0.15, 0.2) is 0 Å². The Balaban J connectivity index is 0.00000195. The summed E-state index contributed by atoms with van der Waals surface area (Å²) < 4.78 is 15.9. The van der Waals surface area contributed by atoms with Gasteiger partial charge in [-0.15, -0.1) is 12.8 Å². The molecule has 1 N–H and O–H groups in total. The second kappa shape index (κ2) is 14.2. The standard InChI is InChI=1S/C30H39N3O2S.C2H2/c1-4-6-12-24(5-2)29(25-13-8-7-9-14-25)22-31-30(34)26-15-10-17-28(21-26)36(3,35)33-20-19-32-18-11-16-27(32)23-33;1-2/h5-10,12-15,17,21,27,29H,3-4,11,16,18-20,22-23H2,1-2H3,(H,31,34);1-2H/b12-6-,24-5+;. The van der Waals surface area contributed by atoms with Crippen molar-refractivity contribution in [1.82, 2.24) is 14.5 Å². The quantitative estimate of drug-likeness (QED) is 0.277. The van der Waals surface area contributed by atoms with E-state index in [0.717, 1.165) is 44.6 Å². The molecule has 0 spiro atoms. The van der Waals surface area contributed by atoms with E-state index < -0.39 is 9.71 Å². The minimum absolute atomic E-state index is 0.0471. The van der Waals surface area contributed by atoms with E-state index in [9.17, 15) is 9.00 Å². The summed E-state index contributed by atoms with van der Waals surface area (Å²) in [6.45, 7) is 8.21. The van der Waals surface area contributed by atoms with Crippen molar-refractivity contribution in [2.24, 2.45) is 0 Å². The third kappa shape index (κ3) is 7.05. The molecule has 0 bridgehead atoms. The Morgan fingerprint density at radius 2 is 1.92 bits per heavy atom. The molecule has 5 nitrogen and oxygen atoms in total. The summed E-state index contributed by atoms with van der Waals surface area (Å²) in [6, 6.07) is 17.9. The van der Waals surface area contributed by atoms with Crippen LogP contribution in [0.2, 0.25) is 0 Å². The van der Waals surface area contributed by atoms with E-state index in [4.69, 9.17) is 0 Å². The first-order valence-corrected chi connectivity index (χ1v) is 15.1. The highest BCUT2D eigenvalue weighted by Gasteiger charge is 2.34. The molecule has 2 aromatic rings. The largest absolute Gasteiger partial charge is 0.351 e. The lowest BCUT2D eigenvalue weighted by Crippen LogP contribution is -2.51. The summed E-state index contributed by atoms with van der Waals surface area (Å²) in [5.41, 5.74) is 2.84. The summed E-state index contributed by atoms with van der Waals surface area (Å²) in [6.07, 6.45) is 17.7. The number of carbonyl (C=O) groups is 1. The summed E-state index contributed by atoms with van der Waals surface area (Å²) in [5, 5.41) is 3.13. The molecule has 2 heterocycles. The van der Waals surface area contributed by atoms with E-state index in [1.807, 2.05) is 41.6 Å². The summed E-state index contributed by atoms with van der Waals surface area (Å²) in [7, 11) is -2.65. The Morgan fingerprint density at radius 3 is 2.63 bits per heavy atom.